The number of hydrogen-bond acceptors (Lipinski definition) is 4. The second-order valence-corrected chi connectivity index (χ2v) is 7.49. The van der Waals surface area contributed by atoms with Crippen molar-refractivity contribution in [1.29, 1.82) is 0 Å². The molecule has 2 rings (SSSR count). The van der Waals surface area contributed by atoms with Crippen molar-refractivity contribution < 1.29 is 4.79 Å². The Hall–Kier alpha value is -0.360. The fourth-order valence-corrected chi connectivity index (χ4v) is 4.94. The van der Waals surface area contributed by atoms with Crippen LogP contribution in [0, 0.1) is 0 Å². The van der Waals surface area contributed by atoms with Crippen LogP contribution in [-0.4, -0.2) is 37.6 Å². The van der Waals surface area contributed by atoms with Crippen molar-refractivity contribution in [3.63, 3.8) is 0 Å². The average molecular weight is 347 g/mol. The minimum Gasteiger partial charge on any atom is -0.352 e. The number of hydrogen-bond donors (Lipinski definition) is 2. The number of thioether (sulfide) groups is 2. The third kappa shape index (κ3) is 6.10. The van der Waals surface area contributed by atoms with Gasteiger partial charge >= 0.3 is 0 Å². The van der Waals surface area contributed by atoms with Crippen LogP contribution in [0.1, 0.15) is 33.3 Å². The lowest BCUT2D eigenvalue weighted by atomic mass is 10.1. The van der Waals surface area contributed by atoms with E-state index in [0.29, 0.717) is 4.58 Å². The predicted molar refractivity (Wildman–Crippen MR) is 96.8 cm³/mol. The molecule has 1 heterocycles. The van der Waals surface area contributed by atoms with Crippen LogP contribution in [0.3, 0.4) is 0 Å². The van der Waals surface area contributed by atoms with Crippen LogP contribution in [0.15, 0.2) is 24.3 Å². The van der Waals surface area contributed by atoms with Gasteiger partial charge in [-0.15, -0.1) is 35.9 Å². The van der Waals surface area contributed by atoms with Crippen LogP contribution in [0.4, 0.5) is 0 Å². The summed E-state index contributed by atoms with van der Waals surface area (Å²) in [5, 5.41) is 6.01. The van der Waals surface area contributed by atoms with Gasteiger partial charge in [-0.2, -0.15) is 0 Å². The smallest absolute Gasteiger partial charge is 0.251 e. The Kier molecular flexibility index (Phi) is 9.24. The molecule has 1 aromatic rings. The van der Waals surface area contributed by atoms with Crippen molar-refractivity contribution >= 4 is 41.8 Å². The second kappa shape index (κ2) is 10.4. The minimum atomic E-state index is 0. The van der Waals surface area contributed by atoms with Gasteiger partial charge in [-0.05, 0) is 55.6 Å². The number of carbonyl (C=O) groups excluding carboxylic acids is 1. The molecule has 1 fully saturated rings. The predicted octanol–water partition coefficient (Wildman–Crippen LogP) is 3.32. The van der Waals surface area contributed by atoms with E-state index >= 15 is 0 Å². The van der Waals surface area contributed by atoms with E-state index in [-0.39, 0.29) is 18.3 Å². The van der Waals surface area contributed by atoms with Gasteiger partial charge in [0.15, 0.2) is 0 Å². The van der Waals surface area contributed by atoms with E-state index in [2.05, 4.69) is 22.8 Å². The lowest BCUT2D eigenvalue weighted by Gasteiger charge is -2.21. The maximum atomic E-state index is 12.0. The van der Waals surface area contributed by atoms with Gasteiger partial charge in [0.05, 0.1) is 4.58 Å². The molecule has 1 aromatic carbocycles. The first kappa shape index (κ1) is 18.7. The molecule has 0 spiro atoms. The van der Waals surface area contributed by atoms with Gasteiger partial charge in [0.2, 0.25) is 0 Å². The molecule has 1 aliphatic rings. The number of amides is 1. The Labute approximate surface area is 141 Å². The van der Waals surface area contributed by atoms with Crippen LogP contribution in [0.5, 0.6) is 0 Å². The zero-order chi connectivity index (χ0) is 14.2. The largest absolute Gasteiger partial charge is 0.352 e. The van der Waals surface area contributed by atoms with E-state index < -0.39 is 0 Å². The molecule has 0 aliphatic carbocycles. The fraction of sp³-hybridized carbons (Fsp3) is 0.533. The summed E-state index contributed by atoms with van der Waals surface area (Å²) in [6.45, 7) is 1.64. The summed E-state index contributed by atoms with van der Waals surface area (Å²) < 4.78 is 0.538. The standard InChI is InChI=1S/C15H22N2OS2.ClH/c1-16-8-2-9-17-14(18)12-4-6-13(7-5-12)15-19-10-3-11-20-15;/h4-7,15-16H,2-3,8-11H2,1H3,(H,17,18);1H. The summed E-state index contributed by atoms with van der Waals surface area (Å²) in [7, 11) is 1.92. The van der Waals surface area contributed by atoms with Gasteiger partial charge in [-0.1, -0.05) is 12.1 Å². The lowest BCUT2D eigenvalue weighted by Crippen LogP contribution is -2.26. The molecular weight excluding hydrogens is 324 g/mol. The number of rotatable bonds is 6. The molecule has 0 atom stereocenters. The molecule has 1 amide bonds. The molecule has 6 heteroatoms. The van der Waals surface area contributed by atoms with Gasteiger partial charge in [-0.3, -0.25) is 4.79 Å². The highest BCUT2D eigenvalue weighted by atomic mass is 35.5. The van der Waals surface area contributed by atoms with Crippen LogP contribution < -0.4 is 10.6 Å². The first-order valence-electron chi connectivity index (χ1n) is 7.07. The molecule has 21 heavy (non-hydrogen) atoms. The number of nitrogens with one attached hydrogen (secondary N) is 2. The highest BCUT2D eigenvalue weighted by Gasteiger charge is 2.16. The Morgan fingerprint density at radius 1 is 1.19 bits per heavy atom. The monoisotopic (exact) mass is 346 g/mol. The quantitative estimate of drug-likeness (QED) is 0.775. The first-order valence-corrected chi connectivity index (χ1v) is 9.17. The zero-order valence-corrected chi connectivity index (χ0v) is 14.7. The Balaban J connectivity index is 0.00000220. The Morgan fingerprint density at radius 2 is 1.86 bits per heavy atom. The topological polar surface area (TPSA) is 41.1 Å². The van der Waals surface area contributed by atoms with Crippen LogP contribution in [0.2, 0.25) is 0 Å². The van der Waals surface area contributed by atoms with Crippen molar-refractivity contribution in [3.8, 4) is 0 Å². The summed E-state index contributed by atoms with van der Waals surface area (Å²) in [6, 6.07) is 8.08. The molecule has 1 saturated heterocycles. The molecule has 0 radical (unpaired) electrons. The van der Waals surface area contributed by atoms with Crippen LogP contribution in [0.25, 0.3) is 0 Å². The van der Waals surface area contributed by atoms with Crippen molar-refractivity contribution in [2.45, 2.75) is 17.4 Å². The molecule has 1 aliphatic heterocycles. The van der Waals surface area contributed by atoms with Gasteiger partial charge in [0.1, 0.15) is 0 Å². The second-order valence-electron chi connectivity index (χ2n) is 4.76. The van der Waals surface area contributed by atoms with Crippen molar-refractivity contribution in [2.24, 2.45) is 0 Å². The van der Waals surface area contributed by atoms with E-state index in [0.717, 1.165) is 25.1 Å². The van der Waals surface area contributed by atoms with Crippen molar-refractivity contribution in [1.82, 2.24) is 10.6 Å². The molecule has 0 bridgehead atoms. The molecule has 0 unspecified atom stereocenters. The van der Waals surface area contributed by atoms with Crippen LogP contribution in [-0.2, 0) is 0 Å². The lowest BCUT2D eigenvalue weighted by molar-refractivity contribution is 0.0953. The van der Waals surface area contributed by atoms with E-state index in [1.165, 1.54) is 23.5 Å². The summed E-state index contributed by atoms with van der Waals surface area (Å²) in [5.41, 5.74) is 2.08. The fourth-order valence-electron chi connectivity index (χ4n) is 2.04. The average Bonchev–Trinajstić information content (AvgIpc) is 2.52. The molecule has 0 saturated carbocycles. The first-order chi connectivity index (χ1) is 9.81. The molecule has 0 aromatic heterocycles. The minimum absolute atomic E-state index is 0. The van der Waals surface area contributed by atoms with Gasteiger partial charge < -0.3 is 10.6 Å². The Bertz CT molecular complexity index is 422. The summed E-state index contributed by atoms with van der Waals surface area (Å²) in [6.07, 6.45) is 2.26. The molecular formula is C15H23ClN2OS2. The van der Waals surface area contributed by atoms with E-state index in [4.69, 9.17) is 0 Å². The Morgan fingerprint density at radius 3 is 2.48 bits per heavy atom. The number of carbonyl (C=O) groups is 1. The van der Waals surface area contributed by atoms with Crippen molar-refractivity contribution in [3.05, 3.63) is 35.4 Å². The molecule has 2 N–H and O–H groups in total. The summed E-state index contributed by atoms with van der Waals surface area (Å²) >= 11 is 4.01. The normalized spacial score (nSPS) is 15.3. The van der Waals surface area contributed by atoms with E-state index in [1.807, 2.05) is 42.7 Å². The highest BCUT2D eigenvalue weighted by molar-refractivity contribution is 8.16. The zero-order valence-electron chi connectivity index (χ0n) is 12.3. The van der Waals surface area contributed by atoms with Crippen molar-refractivity contribution in [2.75, 3.05) is 31.6 Å². The van der Waals surface area contributed by atoms with E-state index in [9.17, 15) is 4.79 Å². The maximum absolute atomic E-state index is 12.0. The van der Waals surface area contributed by atoms with Gasteiger partial charge in [0, 0.05) is 12.1 Å². The third-order valence-corrected chi connectivity index (χ3v) is 6.18. The summed E-state index contributed by atoms with van der Waals surface area (Å²) in [4.78, 5) is 12.0. The van der Waals surface area contributed by atoms with E-state index in [1.54, 1.807) is 0 Å². The number of benzene rings is 1. The maximum Gasteiger partial charge on any atom is 0.251 e. The van der Waals surface area contributed by atoms with Gasteiger partial charge in [0.25, 0.3) is 5.91 Å². The van der Waals surface area contributed by atoms with Gasteiger partial charge in [-0.25, -0.2) is 0 Å². The molecule has 3 nitrogen and oxygen atoms in total. The van der Waals surface area contributed by atoms with Crippen LogP contribution >= 0.6 is 35.9 Å². The highest BCUT2D eigenvalue weighted by Crippen LogP contribution is 2.43. The summed E-state index contributed by atoms with van der Waals surface area (Å²) in [5.74, 6) is 2.51. The number of halogens is 1. The molecule has 118 valence electrons. The third-order valence-electron chi connectivity index (χ3n) is 3.16. The SMILES string of the molecule is CNCCCNC(=O)c1ccc(C2SCCCS2)cc1.Cl.